The van der Waals surface area contributed by atoms with E-state index >= 15 is 0 Å². The fourth-order valence-electron chi connectivity index (χ4n) is 0.648. The molecule has 0 aromatic carbocycles. The van der Waals surface area contributed by atoms with E-state index in [1.54, 1.807) is 13.3 Å². The average molecular weight is 175 g/mol. The lowest BCUT2D eigenvalue weighted by Crippen LogP contribution is -2.09. The van der Waals surface area contributed by atoms with Gasteiger partial charge in [0.1, 0.15) is 0 Å². The molecule has 12 heavy (non-hydrogen) atoms. The van der Waals surface area contributed by atoms with E-state index in [1.807, 2.05) is 0 Å². The number of nitrogens with zero attached hydrogens (tertiary/aromatic N) is 2. The van der Waals surface area contributed by atoms with E-state index in [1.165, 1.54) is 6.07 Å². The van der Waals surface area contributed by atoms with E-state index in [0.717, 1.165) is 6.07 Å². The van der Waals surface area contributed by atoms with Crippen LogP contribution in [0.15, 0.2) is 12.1 Å². The van der Waals surface area contributed by atoms with Gasteiger partial charge in [-0.1, -0.05) is 6.92 Å². The molecule has 1 rings (SSSR count). The molecule has 2 nitrogen and oxygen atoms in total. The lowest BCUT2D eigenvalue weighted by atomic mass is 10.3. The van der Waals surface area contributed by atoms with Crippen molar-refractivity contribution in [3.63, 3.8) is 0 Å². The molecular formula is C7H6F3N2. The van der Waals surface area contributed by atoms with Crippen molar-refractivity contribution in [1.82, 2.24) is 10.2 Å². The summed E-state index contributed by atoms with van der Waals surface area (Å²) in [6.07, 6.45) is -2.83. The quantitative estimate of drug-likeness (QED) is 0.652. The molecule has 0 aliphatic carbocycles. The molecule has 0 aliphatic rings. The third-order valence-electron chi connectivity index (χ3n) is 1.27. The van der Waals surface area contributed by atoms with Crippen molar-refractivity contribution in [2.75, 3.05) is 0 Å². The van der Waals surface area contributed by atoms with Crippen molar-refractivity contribution in [3.05, 3.63) is 29.9 Å². The van der Waals surface area contributed by atoms with Crippen molar-refractivity contribution in [2.45, 2.75) is 13.1 Å². The van der Waals surface area contributed by atoms with Crippen LogP contribution in [0.1, 0.15) is 18.3 Å². The summed E-state index contributed by atoms with van der Waals surface area (Å²) in [5.41, 5.74) is -0.531. The van der Waals surface area contributed by atoms with E-state index in [-0.39, 0.29) is 0 Å². The molecule has 1 heterocycles. The van der Waals surface area contributed by atoms with Crippen molar-refractivity contribution >= 4 is 0 Å². The van der Waals surface area contributed by atoms with Crippen molar-refractivity contribution in [3.8, 4) is 0 Å². The van der Waals surface area contributed by atoms with Gasteiger partial charge in [0.15, 0.2) is 5.69 Å². The summed E-state index contributed by atoms with van der Waals surface area (Å²) in [6, 6.07) is 2.18. The van der Waals surface area contributed by atoms with E-state index in [2.05, 4.69) is 10.2 Å². The Morgan fingerprint density at radius 3 is 2.25 bits per heavy atom. The number of alkyl halides is 3. The minimum absolute atomic E-state index is 0.433. The molecule has 0 fully saturated rings. The SMILES string of the molecule is C[CH]c1ccc(C(F)(F)F)nn1. The first-order chi connectivity index (χ1) is 5.54. The number of hydrogen-bond acceptors (Lipinski definition) is 2. The standard InChI is InChI=1S/C7H6F3N2/c1-2-5-3-4-6(12-11-5)7(8,9)10/h2-4H,1H3. The van der Waals surface area contributed by atoms with Gasteiger partial charge >= 0.3 is 6.18 Å². The Kier molecular flexibility index (Phi) is 2.30. The third-order valence-corrected chi connectivity index (χ3v) is 1.27. The Hall–Kier alpha value is -1.13. The van der Waals surface area contributed by atoms with Crippen LogP contribution in [0, 0.1) is 6.42 Å². The molecule has 0 unspecified atom stereocenters. The summed E-state index contributed by atoms with van der Waals surface area (Å²) in [7, 11) is 0. The van der Waals surface area contributed by atoms with Gasteiger partial charge in [-0.05, 0) is 12.1 Å². The lowest BCUT2D eigenvalue weighted by molar-refractivity contribution is -0.141. The van der Waals surface area contributed by atoms with Crippen LogP contribution in [0.2, 0.25) is 0 Å². The van der Waals surface area contributed by atoms with E-state index in [4.69, 9.17) is 0 Å². The van der Waals surface area contributed by atoms with E-state index < -0.39 is 11.9 Å². The Morgan fingerprint density at radius 2 is 1.92 bits per heavy atom. The minimum Gasteiger partial charge on any atom is -0.164 e. The maximum Gasteiger partial charge on any atom is 0.435 e. The largest absolute Gasteiger partial charge is 0.435 e. The highest BCUT2D eigenvalue weighted by molar-refractivity contribution is 5.14. The Morgan fingerprint density at radius 1 is 1.25 bits per heavy atom. The van der Waals surface area contributed by atoms with Crippen LogP contribution in [0.4, 0.5) is 13.2 Å². The zero-order valence-electron chi connectivity index (χ0n) is 6.26. The minimum atomic E-state index is -4.40. The second kappa shape index (κ2) is 3.08. The van der Waals surface area contributed by atoms with Crippen LogP contribution in [0.25, 0.3) is 0 Å². The van der Waals surface area contributed by atoms with Gasteiger partial charge in [-0.25, -0.2) is 0 Å². The first-order valence-electron chi connectivity index (χ1n) is 3.24. The fraction of sp³-hybridized carbons (Fsp3) is 0.286. The predicted molar refractivity (Wildman–Crippen MR) is 36.1 cm³/mol. The van der Waals surface area contributed by atoms with Crippen LogP contribution >= 0.6 is 0 Å². The molecular weight excluding hydrogens is 169 g/mol. The molecule has 0 saturated heterocycles. The van der Waals surface area contributed by atoms with Gasteiger partial charge in [0, 0.05) is 6.42 Å². The average Bonchev–Trinajstić information content (AvgIpc) is 2.03. The zero-order valence-corrected chi connectivity index (χ0v) is 6.26. The smallest absolute Gasteiger partial charge is 0.164 e. The first kappa shape index (κ1) is 8.96. The molecule has 0 N–H and O–H groups in total. The summed E-state index contributed by atoms with van der Waals surface area (Å²) in [5, 5.41) is 6.35. The molecule has 0 spiro atoms. The van der Waals surface area contributed by atoms with Crippen LogP contribution in [0.5, 0.6) is 0 Å². The molecule has 0 bridgehead atoms. The van der Waals surface area contributed by atoms with Gasteiger partial charge in [-0.15, -0.1) is 5.10 Å². The summed E-state index contributed by atoms with van der Waals surface area (Å²) < 4.78 is 35.7. The predicted octanol–water partition coefficient (Wildman–Crippen LogP) is 2.07. The monoisotopic (exact) mass is 175 g/mol. The fourth-order valence-corrected chi connectivity index (χ4v) is 0.648. The van der Waals surface area contributed by atoms with Gasteiger partial charge in [-0.2, -0.15) is 18.3 Å². The second-order valence-corrected chi connectivity index (χ2v) is 2.13. The Bertz CT molecular complexity index is 252. The summed E-state index contributed by atoms with van der Waals surface area (Å²) >= 11 is 0. The van der Waals surface area contributed by atoms with Crippen LogP contribution in [-0.4, -0.2) is 10.2 Å². The number of hydrogen-bond donors (Lipinski definition) is 0. The van der Waals surface area contributed by atoms with Crippen LogP contribution in [0.3, 0.4) is 0 Å². The van der Waals surface area contributed by atoms with E-state index in [9.17, 15) is 13.2 Å². The van der Waals surface area contributed by atoms with Crippen molar-refractivity contribution < 1.29 is 13.2 Å². The van der Waals surface area contributed by atoms with Crippen molar-refractivity contribution in [2.24, 2.45) is 0 Å². The van der Waals surface area contributed by atoms with Gasteiger partial charge in [0.25, 0.3) is 0 Å². The van der Waals surface area contributed by atoms with Gasteiger partial charge in [-0.3, -0.25) is 0 Å². The first-order valence-corrected chi connectivity index (χ1v) is 3.24. The van der Waals surface area contributed by atoms with E-state index in [0.29, 0.717) is 5.69 Å². The summed E-state index contributed by atoms with van der Waals surface area (Å²) in [5.74, 6) is 0. The molecule has 65 valence electrons. The number of rotatable bonds is 1. The summed E-state index contributed by atoms with van der Waals surface area (Å²) in [6.45, 7) is 1.68. The van der Waals surface area contributed by atoms with Crippen LogP contribution in [-0.2, 0) is 6.18 Å². The number of aromatic nitrogens is 2. The summed E-state index contributed by atoms with van der Waals surface area (Å²) in [4.78, 5) is 0. The number of halogens is 3. The second-order valence-electron chi connectivity index (χ2n) is 2.13. The molecule has 0 amide bonds. The zero-order chi connectivity index (χ0) is 9.19. The normalized spacial score (nSPS) is 11.7. The van der Waals surface area contributed by atoms with Gasteiger partial charge in [0.2, 0.25) is 0 Å². The molecule has 1 aromatic rings. The molecule has 5 heteroatoms. The third kappa shape index (κ3) is 1.93. The Labute approximate surface area is 67.4 Å². The highest BCUT2D eigenvalue weighted by Crippen LogP contribution is 2.26. The topological polar surface area (TPSA) is 25.8 Å². The van der Waals surface area contributed by atoms with Crippen LogP contribution < -0.4 is 0 Å². The highest BCUT2D eigenvalue weighted by atomic mass is 19.4. The van der Waals surface area contributed by atoms with Crippen molar-refractivity contribution in [1.29, 1.82) is 0 Å². The molecule has 1 radical (unpaired) electrons. The molecule has 0 saturated carbocycles. The Balaban J connectivity index is 2.93. The maximum atomic E-state index is 11.9. The lowest BCUT2D eigenvalue weighted by Gasteiger charge is -2.03. The van der Waals surface area contributed by atoms with Gasteiger partial charge < -0.3 is 0 Å². The molecule has 0 aliphatic heterocycles. The molecule has 0 atom stereocenters. The maximum absolute atomic E-state index is 11.9. The molecule has 1 aromatic heterocycles. The van der Waals surface area contributed by atoms with Gasteiger partial charge in [0.05, 0.1) is 5.69 Å². The highest BCUT2D eigenvalue weighted by Gasteiger charge is 2.32.